The van der Waals surface area contributed by atoms with E-state index in [0.29, 0.717) is 0 Å². The Balaban J connectivity index is 1.86. The third kappa shape index (κ3) is 5.58. The van der Waals surface area contributed by atoms with Crippen LogP contribution in [0.4, 0.5) is 0 Å². The van der Waals surface area contributed by atoms with Crippen LogP contribution in [-0.2, 0) is 0 Å². The number of unbranched alkanes of at least 4 members (excludes halogenated alkanes) is 1. The van der Waals surface area contributed by atoms with Crippen LogP contribution in [0.5, 0.6) is 0 Å². The first-order chi connectivity index (χ1) is 6.43. The molecule has 0 aliphatic carbocycles. The Morgan fingerprint density at radius 2 is 1.85 bits per heavy atom. The number of hydrogen-bond donors (Lipinski definition) is 0. The van der Waals surface area contributed by atoms with Crippen LogP contribution in [0.3, 0.4) is 0 Å². The van der Waals surface area contributed by atoms with Crippen LogP contribution in [0.1, 0.15) is 39.0 Å². The van der Waals surface area contributed by atoms with Crippen LogP contribution in [0.2, 0.25) is 0 Å². The van der Waals surface area contributed by atoms with Gasteiger partial charge >= 0.3 is 0 Å². The lowest BCUT2D eigenvalue weighted by Gasteiger charge is -2.26. The Labute approximate surface area is 87.3 Å². The molecule has 1 nitrogen and oxygen atoms in total. The van der Waals surface area contributed by atoms with Gasteiger partial charge in [0.1, 0.15) is 0 Å². The van der Waals surface area contributed by atoms with E-state index in [1.165, 1.54) is 63.2 Å². The molecule has 1 saturated heterocycles. The van der Waals surface area contributed by atoms with Gasteiger partial charge in [-0.05, 0) is 56.8 Å². The number of thioether (sulfide) groups is 1. The predicted molar refractivity (Wildman–Crippen MR) is 62.5 cm³/mol. The van der Waals surface area contributed by atoms with Gasteiger partial charge in [-0.2, -0.15) is 11.8 Å². The topological polar surface area (TPSA) is 3.24 Å². The molecule has 0 unspecified atom stereocenters. The smallest absolute Gasteiger partial charge is 0.00184 e. The Morgan fingerprint density at radius 3 is 2.54 bits per heavy atom. The molecule has 1 fully saturated rings. The average molecular weight is 201 g/mol. The lowest BCUT2D eigenvalue weighted by molar-refractivity contribution is 0.226. The van der Waals surface area contributed by atoms with Crippen molar-refractivity contribution in [2.75, 3.05) is 31.1 Å². The van der Waals surface area contributed by atoms with Crippen molar-refractivity contribution < 1.29 is 0 Å². The third-order valence-electron chi connectivity index (χ3n) is 2.67. The maximum atomic E-state index is 2.64. The number of nitrogens with zero attached hydrogens (tertiary/aromatic N) is 1. The summed E-state index contributed by atoms with van der Waals surface area (Å²) in [5, 5.41) is 0. The zero-order valence-corrected chi connectivity index (χ0v) is 9.74. The highest BCUT2D eigenvalue weighted by molar-refractivity contribution is 7.99. The van der Waals surface area contributed by atoms with E-state index >= 15 is 0 Å². The summed E-state index contributed by atoms with van der Waals surface area (Å²) in [6.45, 7) is 6.32. The van der Waals surface area contributed by atoms with Crippen molar-refractivity contribution in [3.05, 3.63) is 0 Å². The standard InChI is InChI=1S/C11H23NS/c1-2-13-11-7-6-10-12-8-4-3-5-9-12/h2-11H2,1H3. The first-order valence-electron chi connectivity index (χ1n) is 5.73. The number of piperidine rings is 1. The van der Waals surface area contributed by atoms with Gasteiger partial charge in [-0.25, -0.2) is 0 Å². The van der Waals surface area contributed by atoms with Crippen molar-refractivity contribution in [3.63, 3.8) is 0 Å². The fourth-order valence-corrected chi connectivity index (χ4v) is 2.56. The molecule has 0 bridgehead atoms. The first-order valence-corrected chi connectivity index (χ1v) is 6.89. The minimum absolute atomic E-state index is 1.28. The summed E-state index contributed by atoms with van der Waals surface area (Å²) in [6, 6.07) is 0. The molecule has 1 heterocycles. The van der Waals surface area contributed by atoms with E-state index in [0.717, 1.165) is 0 Å². The van der Waals surface area contributed by atoms with E-state index in [2.05, 4.69) is 23.6 Å². The molecule has 0 radical (unpaired) electrons. The van der Waals surface area contributed by atoms with Gasteiger partial charge in [0.05, 0.1) is 0 Å². The molecule has 0 amide bonds. The monoisotopic (exact) mass is 201 g/mol. The summed E-state index contributed by atoms with van der Waals surface area (Å²) >= 11 is 2.08. The second-order valence-corrected chi connectivity index (χ2v) is 5.20. The summed E-state index contributed by atoms with van der Waals surface area (Å²) in [5.74, 6) is 2.65. The lowest BCUT2D eigenvalue weighted by atomic mass is 10.1. The molecular formula is C11H23NS. The quantitative estimate of drug-likeness (QED) is 0.608. The summed E-state index contributed by atoms with van der Waals surface area (Å²) in [4.78, 5) is 2.64. The van der Waals surface area contributed by atoms with Crippen molar-refractivity contribution >= 4 is 11.8 Å². The second-order valence-electron chi connectivity index (χ2n) is 3.81. The third-order valence-corrected chi connectivity index (χ3v) is 3.65. The molecule has 0 spiro atoms. The molecule has 78 valence electrons. The van der Waals surface area contributed by atoms with E-state index < -0.39 is 0 Å². The van der Waals surface area contributed by atoms with Crippen LogP contribution >= 0.6 is 11.8 Å². The highest BCUT2D eigenvalue weighted by Crippen LogP contribution is 2.10. The van der Waals surface area contributed by atoms with Gasteiger partial charge in [-0.1, -0.05) is 13.3 Å². The lowest BCUT2D eigenvalue weighted by Crippen LogP contribution is -2.30. The molecule has 2 heteroatoms. The van der Waals surface area contributed by atoms with Crippen molar-refractivity contribution in [1.29, 1.82) is 0 Å². The fourth-order valence-electron chi connectivity index (χ4n) is 1.87. The summed E-state index contributed by atoms with van der Waals surface area (Å²) in [5.41, 5.74) is 0. The van der Waals surface area contributed by atoms with Crippen LogP contribution in [0.25, 0.3) is 0 Å². The number of hydrogen-bond acceptors (Lipinski definition) is 2. The SMILES string of the molecule is CCSCCCCN1CCCCC1. The second kappa shape index (κ2) is 7.69. The van der Waals surface area contributed by atoms with Crippen molar-refractivity contribution in [2.24, 2.45) is 0 Å². The molecule has 1 rings (SSSR count). The van der Waals surface area contributed by atoms with E-state index in [4.69, 9.17) is 0 Å². The van der Waals surface area contributed by atoms with Crippen molar-refractivity contribution in [2.45, 2.75) is 39.0 Å². The molecule has 0 aromatic rings. The summed E-state index contributed by atoms with van der Waals surface area (Å²) < 4.78 is 0. The van der Waals surface area contributed by atoms with Gasteiger partial charge < -0.3 is 4.90 Å². The van der Waals surface area contributed by atoms with Crippen molar-refractivity contribution in [1.82, 2.24) is 4.90 Å². The largest absolute Gasteiger partial charge is 0.303 e. The normalized spacial score (nSPS) is 19.2. The van der Waals surface area contributed by atoms with Gasteiger partial charge in [0.25, 0.3) is 0 Å². The van der Waals surface area contributed by atoms with E-state index in [9.17, 15) is 0 Å². The maximum absolute atomic E-state index is 2.64. The zero-order chi connectivity index (χ0) is 9.36. The van der Waals surface area contributed by atoms with Gasteiger partial charge in [0.2, 0.25) is 0 Å². The Bertz CT molecular complexity index is 111. The predicted octanol–water partition coefficient (Wildman–Crippen LogP) is 3.01. The van der Waals surface area contributed by atoms with Crippen LogP contribution in [0, 0.1) is 0 Å². The van der Waals surface area contributed by atoms with Crippen LogP contribution in [-0.4, -0.2) is 36.0 Å². The minimum Gasteiger partial charge on any atom is -0.303 e. The van der Waals surface area contributed by atoms with Crippen LogP contribution in [0.15, 0.2) is 0 Å². The van der Waals surface area contributed by atoms with Crippen molar-refractivity contribution in [3.8, 4) is 0 Å². The minimum atomic E-state index is 1.28. The first kappa shape index (κ1) is 11.4. The highest BCUT2D eigenvalue weighted by atomic mass is 32.2. The van der Waals surface area contributed by atoms with Gasteiger partial charge in [0, 0.05) is 0 Å². The molecule has 0 saturated carbocycles. The Kier molecular flexibility index (Phi) is 6.73. The fraction of sp³-hybridized carbons (Fsp3) is 1.00. The molecule has 13 heavy (non-hydrogen) atoms. The van der Waals surface area contributed by atoms with Gasteiger partial charge in [-0.15, -0.1) is 0 Å². The Hall–Kier alpha value is 0.310. The van der Waals surface area contributed by atoms with E-state index in [1.54, 1.807) is 0 Å². The van der Waals surface area contributed by atoms with Gasteiger partial charge in [0.15, 0.2) is 0 Å². The number of likely N-dealkylation sites (tertiary alicyclic amines) is 1. The molecule has 1 aliphatic heterocycles. The summed E-state index contributed by atoms with van der Waals surface area (Å²) in [7, 11) is 0. The molecule has 0 aromatic heterocycles. The maximum Gasteiger partial charge on any atom is -0.00184 e. The molecule has 0 N–H and O–H groups in total. The zero-order valence-electron chi connectivity index (χ0n) is 8.93. The van der Waals surface area contributed by atoms with Crippen LogP contribution < -0.4 is 0 Å². The molecule has 0 aromatic carbocycles. The Morgan fingerprint density at radius 1 is 1.08 bits per heavy atom. The van der Waals surface area contributed by atoms with E-state index in [-0.39, 0.29) is 0 Å². The van der Waals surface area contributed by atoms with E-state index in [1.807, 2.05) is 0 Å². The van der Waals surface area contributed by atoms with Gasteiger partial charge in [-0.3, -0.25) is 0 Å². The molecule has 0 atom stereocenters. The molecule has 1 aliphatic rings. The molecular weight excluding hydrogens is 178 g/mol. The average Bonchev–Trinajstić information content (AvgIpc) is 2.19. The highest BCUT2D eigenvalue weighted by Gasteiger charge is 2.08. The number of rotatable bonds is 6. The summed E-state index contributed by atoms with van der Waals surface area (Å²) in [6.07, 6.45) is 7.15.